The number of imidazole rings is 1. The van der Waals surface area contributed by atoms with Crippen molar-refractivity contribution in [3.8, 4) is 12.3 Å². The molecule has 0 aliphatic carbocycles. The molecule has 7 atom stereocenters. The Kier molecular flexibility index (Phi) is 8.03. The second-order valence-corrected chi connectivity index (χ2v) is 13.3. The number of aromatic nitrogens is 9. The molecule has 240 valence electrons. The third-order valence-corrected chi connectivity index (χ3v) is 9.13. The summed E-state index contributed by atoms with van der Waals surface area (Å²) in [6.07, 6.45) is 2.64. The number of nitrogen functional groups attached to an aromatic ring is 2. The summed E-state index contributed by atoms with van der Waals surface area (Å²) in [7, 11) is 0. The fraction of sp³-hybridized carbons (Fsp3) is 0.522. The largest absolute Gasteiger partial charge is 0.396 e. The van der Waals surface area contributed by atoms with Crippen LogP contribution in [0.5, 0.6) is 0 Å². The second kappa shape index (κ2) is 11.6. The number of terminal acetylenes is 1. The highest BCUT2D eigenvalue weighted by Gasteiger charge is 2.56. The number of anilines is 2. The number of nitrogens with zero attached hydrogens (tertiary/aromatic N) is 8. The number of H-pyrrole nitrogens is 1. The minimum absolute atomic E-state index is 0.00569. The highest BCUT2D eigenvalue weighted by Crippen LogP contribution is 2.59. The maximum Gasteiger partial charge on any atom is 0.386 e. The quantitative estimate of drug-likeness (QED) is 0.0715. The van der Waals surface area contributed by atoms with Gasteiger partial charge in [-0.2, -0.15) is 9.67 Å². The lowest BCUT2D eigenvalue weighted by Crippen LogP contribution is -2.43. The molecule has 0 radical (unpaired) electrons. The summed E-state index contributed by atoms with van der Waals surface area (Å²) >= 11 is 4.05. The number of rotatable bonds is 10. The van der Waals surface area contributed by atoms with Gasteiger partial charge in [0.15, 0.2) is 46.2 Å². The summed E-state index contributed by atoms with van der Waals surface area (Å²) < 4.78 is 55.2. The molecule has 2 aliphatic rings. The van der Waals surface area contributed by atoms with Crippen molar-refractivity contribution in [1.29, 1.82) is 0 Å². The monoisotopic (exact) mass is 667 g/mol. The van der Waals surface area contributed by atoms with Gasteiger partial charge in [0.05, 0.1) is 12.9 Å². The molecule has 19 nitrogen and oxygen atoms in total. The van der Waals surface area contributed by atoms with Gasteiger partial charge < -0.3 is 31.2 Å². The van der Waals surface area contributed by atoms with Crippen molar-refractivity contribution in [2.24, 2.45) is 0 Å². The van der Waals surface area contributed by atoms with Crippen molar-refractivity contribution < 1.29 is 37.7 Å². The fourth-order valence-electron chi connectivity index (χ4n) is 5.27. The van der Waals surface area contributed by atoms with Gasteiger partial charge in [-0.25, -0.2) is 23.9 Å². The van der Waals surface area contributed by atoms with Crippen LogP contribution in [0.2, 0.25) is 0 Å². The van der Waals surface area contributed by atoms with Gasteiger partial charge in [-0.15, -0.1) is 11.5 Å². The van der Waals surface area contributed by atoms with Crippen molar-refractivity contribution in [3.63, 3.8) is 0 Å². The number of alkyl halides is 1. The van der Waals surface area contributed by atoms with Crippen molar-refractivity contribution in [1.82, 2.24) is 44.5 Å². The first kappa shape index (κ1) is 31.3. The van der Waals surface area contributed by atoms with Crippen molar-refractivity contribution >= 4 is 53.1 Å². The van der Waals surface area contributed by atoms with Gasteiger partial charge in [-0.05, 0) is 12.8 Å². The predicted molar refractivity (Wildman–Crippen MR) is 155 cm³/mol. The molecule has 0 amide bonds. The minimum atomic E-state index is -4.54. The summed E-state index contributed by atoms with van der Waals surface area (Å²) in [5, 5.41) is 27.9. The first-order valence-electron chi connectivity index (χ1n) is 13.3. The Morgan fingerprint density at radius 3 is 2.87 bits per heavy atom. The standard InChI is InChI=1S/C23H27FN11O8PS/c1-2-23(11(37)6-12(42-23)34-10-29-13-16(25)27-9-28-17(13)34)8-41-44(39,45)43-15-20(40-7-22(15,24)4-3-5-36)35-18-14(32-33-35)19(38)31-21(26)30-18/h1,9-12,15,20,36-37H,3-8H2,(H,39,45)(H2,25,27,28)(H3,26,30,31,38)/t11-,12+,15-,20+,22+,23+,44?/m0/s1. The lowest BCUT2D eigenvalue weighted by atomic mass is 9.95. The first-order valence-corrected chi connectivity index (χ1v) is 16.0. The van der Waals surface area contributed by atoms with Crippen molar-refractivity contribution in [2.75, 3.05) is 31.3 Å². The van der Waals surface area contributed by atoms with Gasteiger partial charge in [-0.1, -0.05) is 23.4 Å². The number of hydrogen-bond donors (Lipinski definition) is 6. The maximum absolute atomic E-state index is 16.3. The van der Waals surface area contributed by atoms with E-state index in [1.807, 2.05) is 0 Å². The number of aromatic amines is 1. The Hall–Kier alpha value is -3.74. The highest BCUT2D eigenvalue weighted by atomic mass is 32.7. The molecule has 2 aliphatic heterocycles. The van der Waals surface area contributed by atoms with E-state index in [0.29, 0.717) is 11.2 Å². The molecule has 4 aromatic rings. The molecule has 6 rings (SSSR count). The number of aliphatic hydroxyl groups is 2. The van der Waals surface area contributed by atoms with Crippen LogP contribution in [0.25, 0.3) is 22.3 Å². The summed E-state index contributed by atoms with van der Waals surface area (Å²) in [6.45, 7) is -6.17. The van der Waals surface area contributed by atoms with Gasteiger partial charge in [0.1, 0.15) is 30.8 Å². The molecule has 6 heterocycles. The molecule has 2 fully saturated rings. The van der Waals surface area contributed by atoms with Crippen molar-refractivity contribution in [3.05, 3.63) is 23.0 Å². The first-order chi connectivity index (χ1) is 21.4. The molecular formula is C23H27FN11O8PS. The highest BCUT2D eigenvalue weighted by molar-refractivity contribution is 8.44. The Morgan fingerprint density at radius 2 is 2.11 bits per heavy atom. The smallest absolute Gasteiger partial charge is 0.386 e. The Morgan fingerprint density at radius 1 is 1.31 bits per heavy atom. The summed E-state index contributed by atoms with van der Waals surface area (Å²) in [6, 6.07) is 0. The zero-order chi connectivity index (χ0) is 32.1. The number of hydrogen-bond acceptors (Lipinski definition) is 16. The molecule has 0 saturated carbocycles. The summed E-state index contributed by atoms with van der Waals surface area (Å²) in [5.41, 5.74) is 6.89. The number of halogens is 1. The number of thiol groups is 1. The van der Waals surface area contributed by atoms with Gasteiger partial charge in [0, 0.05) is 13.0 Å². The summed E-state index contributed by atoms with van der Waals surface area (Å²) in [4.78, 5) is 30.8. The van der Waals surface area contributed by atoms with Crippen LogP contribution in [-0.2, 0) is 23.1 Å². The Bertz CT molecular complexity index is 1900. The number of aliphatic hydroxyl groups excluding tert-OH is 2. The zero-order valence-corrected chi connectivity index (χ0v) is 24.9. The molecule has 4 aromatic heterocycles. The number of nitrogens with one attached hydrogen (secondary N) is 1. The van der Waals surface area contributed by atoms with Crippen LogP contribution in [0.1, 0.15) is 31.7 Å². The van der Waals surface area contributed by atoms with E-state index < -0.39 is 61.5 Å². The lowest BCUT2D eigenvalue weighted by Gasteiger charge is -2.31. The van der Waals surface area contributed by atoms with E-state index in [2.05, 4.69) is 53.4 Å². The van der Waals surface area contributed by atoms with Crippen LogP contribution < -0.4 is 17.0 Å². The third kappa shape index (κ3) is 5.53. The Balaban J connectivity index is 1.24. The molecule has 0 bridgehead atoms. The second-order valence-electron chi connectivity index (χ2n) is 10.4. The van der Waals surface area contributed by atoms with Crippen LogP contribution in [0, 0.1) is 12.3 Å². The molecule has 7 N–H and O–H groups in total. The molecule has 2 saturated heterocycles. The average Bonchev–Trinajstić information content (AvgIpc) is 3.76. The maximum atomic E-state index is 16.3. The van der Waals surface area contributed by atoms with Gasteiger partial charge in [0.2, 0.25) is 5.95 Å². The molecule has 22 heteroatoms. The normalized spacial score (nSPS) is 29.8. The van der Waals surface area contributed by atoms with Crippen LogP contribution in [0.3, 0.4) is 0 Å². The Labute approximate surface area is 257 Å². The van der Waals surface area contributed by atoms with E-state index in [9.17, 15) is 19.6 Å². The molecular weight excluding hydrogens is 640 g/mol. The van der Waals surface area contributed by atoms with Gasteiger partial charge >= 0.3 is 6.80 Å². The zero-order valence-electron chi connectivity index (χ0n) is 23.1. The molecule has 45 heavy (non-hydrogen) atoms. The predicted octanol–water partition coefficient (Wildman–Crippen LogP) is -0.380. The van der Waals surface area contributed by atoms with Crippen molar-refractivity contribution in [2.45, 2.75) is 55.2 Å². The fourth-order valence-corrected chi connectivity index (χ4v) is 6.74. The number of ether oxygens (including phenoxy) is 2. The third-order valence-electron chi connectivity index (χ3n) is 7.55. The summed E-state index contributed by atoms with van der Waals surface area (Å²) in [5.74, 6) is 2.22. The van der Waals surface area contributed by atoms with Crippen LogP contribution in [0.15, 0.2) is 17.4 Å². The van der Waals surface area contributed by atoms with Crippen LogP contribution in [-0.4, -0.2) is 98.0 Å². The molecule has 0 aromatic carbocycles. The van der Waals surface area contributed by atoms with E-state index in [0.717, 1.165) is 4.68 Å². The average molecular weight is 668 g/mol. The van der Waals surface area contributed by atoms with Gasteiger partial charge in [0.25, 0.3) is 5.56 Å². The molecule has 1 unspecified atom stereocenters. The van der Waals surface area contributed by atoms with E-state index in [1.54, 1.807) is 0 Å². The number of fused-ring (bicyclic) bond motifs is 2. The van der Waals surface area contributed by atoms with E-state index in [1.165, 1.54) is 17.2 Å². The SMILES string of the molecule is C#C[C@]1(COP(=O)(S)O[C@H]2[C@H](n3nnc4c(=O)[nH]c(N)nc43)OC[C@]2(F)CCCO)O[C@@H](n2cnc3c(N)ncnc32)C[C@@H]1O. The molecule has 0 spiro atoms. The van der Waals surface area contributed by atoms with E-state index in [-0.39, 0.29) is 48.8 Å². The van der Waals surface area contributed by atoms with Gasteiger partial charge in [-0.3, -0.25) is 23.4 Å². The topological polar surface area (TPSA) is 267 Å². The van der Waals surface area contributed by atoms with Crippen LogP contribution >= 0.6 is 19.0 Å². The number of nitrogens with two attached hydrogens (primary N) is 2. The van der Waals surface area contributed by atoms with Crippen LogP contribution in [0.4, 0.5) is 16.2 Å². The minimum Gasteiger partial charge on any atom is -0.396 e. The lowest BCUT2D eigenvalue weighted by molar-refractivity contribution is -0.0884. The van der Waals surface area contributed by atoms with E-state index in [4.69, 9.17) is 36.4 Å². The van der Waals surface area contributed by atoms with E-state index >= 15 is 4.39 Å².